The van der Waals surface area contributed by atoms with Crippen LogP contribution in [0.5, 0.6) is 0 Å². The van der Waals surface area contributed by atoms with Crippen LogP contribution in [0.2, 0.25) is 0 Å². The zero-order valence-corrected chi connectivity index (χ0v) is 10.9. The number of hydrogen-bond donors (Lipinski definition) is 1. The van der Waals surface area contributed by atoms with Gasteiger partial charge in [0.2, 0.25) is 5.88 Å². The number of ether oxygens (including phenoxy) is 1. The number of hydrogen-bond acceptors (Lipinski definition) is 5. The van der Waals surface area contributed by atoms with Crippen molar-refractivity contribution in [3.63, 3.8) is 0 Å². The Labute approximate surface area is 117 Å². The quantitative estimate of drug-likeness (QED) is 0.827. The van der Waals surface area contributed by atoms with E-state index in [1.54, 1.807) is 12.1 Å². The fraction of sp³-hybridized carbons (Fsp3) is 0.267. The average molecular weight is 264 g/mol. The van der Waals surface area contributed by atoms with Crippen LogP contribution in [0.15, 0.2) is 35.7 Å². The molecular weight excluding hydrogens is 252 g/mol. The lowest BCUT2D eigenvalue weighted by Gasteiger charge is -2.15. The van der Waals surface area contributed by atoms with Crippen LogP contribution in [0.1, 0.15) is 30.6 Å². The van der Waals surface area contributed by atoms with E-state index < -0.39 is 0 Å². The highest BCUT2D eigenvalue weighted by atomic mass is 16.5. The highest BCUT2D eigenvalue weighted by molar-refractivity contribution is 5.40. The van der Waals surface area contributed by atoms with E-state index in [0.717, 1.165) is 12.0 Å². The second kappa shape index (κ2) is 5.78. The van der Waals surface area contributed by atoms with Crippen LogP contribution in [0.3, 0.4) is 0 Å². The lowest BCUT2D eigenvalue weighted by molar-refractivity contribution is 0.149. The van der Waals surface area contributed by atoms with Crippen LogP contribution in [-0.4, -0.2) is 6.04 Å². The van der Waals surface area contributed by atoms with Crippen LogP contribution in [0, 0.1) is 34.0 Å². The zero-order valence-electron chi connectivity index (χ0n) is 10.9. The summed E-state index contributed by atoms with van der Waals surface area (Å²) in [6.07, 6.45) is 0.526. The first-order valence-corrected chi connectivity index (χ1v) is 6.21. The molecule has 0 spiro atoms. The molecule has 20 heavy (non-hydrogen) atoms. The third kappa shape index (κ3) is 2.41. The molecule has 1 heterocycles. The minimum Gasteiger partial charge on any atom is -0.467 e. The number of allylic oxidation sites excluding steroid dienone is 1. The summed E-state index contributed by atoms with van der Waals surface area (Å²) in [6.45, 7) is 2.00. The molecule has 1 saturated heterocycles. The highest BCUT2D eigenvalue weighted by Gasteiger charge is 2.33. The molecule has 0 aromatic heterocycles. The summed E-state index contributed by atoms with van der Waals surface area (Å²) >= 11 is 0. The molecular formula is C15H12N4O. The molecule has 5 nitrogen and oxygen atoms in total. The van der Waals surface area contributed by atoms with Crippen LogP contribution >= 0.6 is 0 Å². The largest absolute Gasteiger partial charge is 0.467 e. The first kappa shape index (κ1) is 13.5. The molecule has 2 atom stereocenters. The number of rotatable bonds is 2. The predicted octanol–water partition coefficient (Wildman–Crippen LogP) is 2.26. The van der Waals surface area contributed by atoms with E-state index in [0.29, 0.717) is 5.56 Å². The Morgan fingerprint density at radius 3 is 2.35 bits per heavy atom. The smallest absolute Gasteiger partial charge is 0.217 e. The Morgan fingerprint density at radius 2 is 1.85 bits per heavy atom. The molecule has 1 aromatic rings. The minimum atomic E-state index is -0.264. The molecule has 0 radical (unpaired) electrons. The SMILES string of the molecule is CC[C@H]1NC(=C(C#N)C#N)O[C@@H]1c1ccc(C#N)cc1. The van der Waals surface area contributed by atoms with Gasteiger partial charge in [0.05, 0.1) is 17.7 Å². The second-order valence-electron chi connectivity index (χ2n) is 4.36. The van der Waals surface area contributed by atoms with Gasteiger partial charge in [-0.25, -0.2) is 0 Å². The van der Waals surface area contributed by atoms with E-state index in [4.69, 9.17) is 20.5 Å². The van der Waals surface area contributed by atoms with E-state index in [9.17, 15) is 0 Å². The second-order valence-corrected chi connectivity index (χ2v) is 4.36. The molecule has 0 unspecified atom stereocenters. The molecule has 1 N–H and O–H groups in total. The first-order valence-electron chi connectivity index (χ1n) is 6.21. The van der Waals surface area contributed by atoms with E-state index in [2.05, 4.69) is 11.4 Å². The Balaban J connectivity index is 2.32. The molecule has 5 heteroatoms. The number of nitrogens with one attached hydrogen (secondary N) is 1. The lowest BCUT2D eigenvalue weighted by atomic mass is 10.0. The average Bonchev–Trinajstić information content (AvgIpc) is 2.93. The topological polar surface area (TPSA) is 92.6 Å². The summed E-state index contributed by atoms with van der Waals surface area (Å²) in [4.78, 5) is 0. The Hall–Kier alpha value is -2.97. The molecule has 0 saturated carbocycles. The molecule has 98 valence electrons. The zero-order chi connectivity index (χ0) is 14.5. The van der Waals surface area contributed by atoms with Crippen LogP contribution < -0.4 is 5.32 Å². The first-order chi connectivity index (χ1) is 9.73. The third-order valence-electron chi connectivity index (χ3n) is 3.19. The van der Waals surface area contributed by atoms with Gasteiger partial charge in [-0.15, -0.1) is 0 Å². The van der Waals surface area contributed by atoms with Crippen LogP contribution in [0.4, 0.5) is 0 Å². The maximum Gasteiger partial charge on any atom is 0.217 e. The predicted molar refractivity (Wildman–Crippen MR) is 70.4 cm³/mol. The van der Waals surface area contributed by atoms with E-state index >= 15 is 0 Å². The Morgan fingerprint density at radius 1 is 1.20 bits per heavy atom. The number of nitriles is 3. The normalized spacial score (nSPS) is 20.0. The molecule has 1 aromatic carbocycles. The Kier molecular flexibility index (Phi) is 3.89. The van der Waals surface area contributed by atoms with Crippen molar-refractivity contribution in [1.29, 1.82) is 15.8 Å². The van der Waals surface area contributed by atoms with E-state index in [1.807, 2.05) is 31.2 Å². The van der Waals surface area contributed by atoms with Gasteiger partial charge in [0, 0.05) is 0 Å². The van der Waals surface area contributed by atoms with Gasteiger partial charge in [0.1, 0.15) is 18.2 Å². The van der Waals surface area contributed by atoms with Gasteiger partial charge in [-0.2, -0.15) is 15.8 Å². The van der Waals surface area contributed by atoms with Crippen LogP contribution in [0.25, 0.3) is 0 Å². The van der Waals surface area contributed by atoms with E-state index in [1.165, 1.54) is 0 Å². The van der Waals surface area contributed by atoms with Crippen molar-refractivity contribution in [2.75, 3.05) is 0 Å². The van der Waals surface area contributed by atoms with Crippen molar-refractivity contribution in [3.05, 3.63) is 46.8 Å². The number of benzene rings is 1. The summed E-state index contributed by atoms with van der Waals surface area (Å²) in [5, 5.41) is 29.6. The van der Waals surface area contributed by atoms with Crippen molar-refractivity contribution in [2.24, 2.45) is 0 Å². The molecule has 0 amide bonds. The fourth-order valence-corrected chi connectivity index (χ4v) is 2.11. The summed E-state index contributed by atoms with van der Waals surface area (Å²) in [5.74, 6) is 0.233. The molecule has 0 aliphatic carbocycles. The lowest BCUT2D eigenvalue weighted by Crippen LogP contribution is -2.24. The fourth-order valence-electron chi connectivity index (χ4n) is 2.11. The van der Waals surface area contributed by atoms with Crippen molar-refractivity contribution in [3.8, 4) is 18.2 Å². The molecule has 0 bridgehead atoms. The van der Waals surface area contributed by atoms with Crippen molar-refractivity contribution in [2.45, 2.75) is 25.5 Å². The van der Waals surface area contributed by atoms with Gasteiger partial charge < -0.3 is 10.1 Å². The summed E-state index contributed by atoms with van der Waals surface area (Å²) in [7, 11) is 0. The maximum absolute atomic E-state index is 8.88. The Bertz CT molecular complexity index is 639. The van der Waals surface area contributed by atoms with Gasteiger partial charge >= 0.3 is 0 Å². The van der Waals surface area contributed by atoms with Gasteiger partial charge in [-0.3, -0.25) is 0 Å². The third-order valence-corrected chi connectivity index (χ3v) is 3.19. The van der Waals surface area contributed by atoms with E-state index in [-0.39, 0.29) is 23.6 Å². The molecule has 1 fully saturated rings. The molecule has 1 aliphatic rings. The standard InChI is InChI=1S/C15H12N4O/c1-2-13-14(11-5-3-10(7-16)4-6-11)20-15(19-13)12(8-17)9-18/h3-6,13-14,19H,2H2,1H3/t13-,14-/m1/s1. The summed E-state index contributed by atoms with van der Waals surface area (Å²) in [5.41, 5.74) is 1.44. The van der Waals surface area contributed by atoms with Crippen LogP contribution in [-0.2, 0) is 4.74 Å². The van der Waals surface area contributed by atoms with Crippen molar-refractivity contribution < 1.29 is 4.74 Å². The minimum absolute atomic E-state index is 0.00497. The molecule has 2 rings (SSSR count). The molecule has 1 aliphatic heterocycles. The summed E-state index contributed by atoms with van der Waals surface area (Å²) < 4.78 is 5.71. The van der Waals surface area contributed by atoms with Gasteiger partial charge in [0.15, 0.2) is 5.57 Å². The van der Waals surface area contributed by atoms with Gasteiger partial charge in [-0.05, 0) is 24.1 Å². The van der Waals surface area contributed by atoms with Crippen molar-refractivity contribution in [1.82, 2.24) is 5.32 Å². The van der Waals surface area contributed by atoms with Gasteiger partial charge in [0.25, 0.3) is 0 Å². The maximum atomic E-state index is 8.88. The highest BCUT2D eigenvalue weighted by Crippen LogP contribution is 2.32. The number of nitrogens with zero attached hydrogens (tertiary/aromatic N) is 3. The van der Waals surface area contributed by atoms with Crippen molar-refractivity contribution >= 4 is 0 Å². The monoisotopic (exact) mass is 264 g/mol. The van der Waals surface area contributed by atoms with Gasteiger partial charge in [-0.1, -0.05) is 19.1 Å². The summed E-state index contributed by atoms with van der Waals surface area (Å²) in [6, 6.07) is 12.8.